The molecule has 4 atom stereocenters. The van der Waals surface area contributed by atoms with Gasteiger partial charge in [0.05, 0.1) is 6.10 Å². The summed E-state index contributed by atoms with van der Waals surface area (Å²) in [6.45, 7) is 8.06. The van der Waals surface area contributed by atoms with Crippen molar-refractivity contribution in [2.24, 2.45) is 0 Å². The first-order valence-electron chi connectivity index (χ1n) is 8.53. The monoisotopic (exact) mass is 281 g/mol. The number of rotatable bonds is 5. The summed E-state index contributed by atoms with van der Waals surface area (Å²) in [5.74, 6) is 0. The molecule has 0 amide bonds. The van der Waals surface area contributed by atoms with Crippen molar-refractivity contribution in [3.05, 3.63) is 0 Å². The van der Waals surface area contributed by atoms with Crippen LogP contribution in [0, 0.1) is 0 Å². The zero-order chi connectivity index (χ0) is 13.9. The van der Waals surface area contributed by atoms with E-state index in [0.29, 0.717) is 12.1 Å². The molecule has 4 unspecified atom stereocenters. The van der Waals surface area contributed by atoms with Gasteiger partial charge in [-0.3, -0.25) is 4.90 Å². The summed E-state index contributed by atoms with van der Waals surface area (Å²) in [7, 11) is 2.32. The Kier molecular flexibility index (Phi) is 4.97. The SMILES string of the molecule is CC(NCCN1CCC2CCC(C1)N2C)C1CCCO1. The molecule has 3 heterocycles. The lowest BCUT2D eigenvalue weighted by Crippen LogP contribution is -2.43. The number of ether oxygens (including phenoxy) is 1. The van der Waals surface area contributed by atoms with E-state index in [4.69, 9.17) is 4.74 Å². The summed E-state index contributed by atoms with van der Waals surface area (Å²) in [6, 6.07) is 2.16. The van der Waals surface area contributed by atoms with E-state index < -0.39 is 0 Å². The fraction of sp³-hybridized carbons (Fsp3) is 1.00. The summed E-state index contributed by atoms with van der Waals surface area (Å²) in [5.41, 5.74) is 0. The number of nitrogens with one attached hydrogen (secondary N) is 1. The van der Waals surface area contributed by atoms with Crippen LogP contribution in [0.15, 0.2) is 0 Å². The van der Waals surface area contributed by atoms with Crippen LogP contribution in [-0.4, -0.2) is 73.9 Å². The molecule has 3 saturated heterocycles. The molecule has 2 bridgehead atoms. The number of hydrogen-bond acceptors (Lipinski definition) is 4. The molecule has 4 nitrogen and oxygen atoms in total. The van der Waals surface area contributed by atoms with Gasteiger partial charge in [-0.05, 0) is 52.6 Å². The molecule has 0 aromatic rings. The minimum Gasteiger partial charge on any atom is -0.377 e. The van der Waals surface area contributed by atoms with E-state index in [1.165, 1.54) is 51.7 Å². The van der Waals surface area contributed by atoms with Crippen LogP contribution >= 0.6 is 0 Å². The zero-order valence-electron chi connectivity index (χ0n) is 13.2. The Labute approximate surface area is 123 Å². The highest BCUT2D eigenvalue weighted by Gasteiger charge is 2.34. The number of fused-ring (bicyclic) bond motifs is 2. The molecule has 0 radical (unpaired) electrons. The molecule has 1 N–H and O–H groups in total. The van der Waals surface area contributed by atoms with E-state index in [0.717, 1.165) is 25.2 Å². The molecule has 3 aliphatic heterocycles. The Balaban J connectivity index is 1.38. The van der Waals surface area contributed by atoms with Gasteiger partial charge in [0.15, 0.2) is 0 Å². The van der Waals surface area contributed by atoms with Gasteiger partial charge in [-0.15, -0.1) is 0 Å². The number of likely N-dealkylation sites (N-methyl/N-ethyl adjacent to an activating group) is 1. The smallest absolute Gasteiger partial charge is 0.0726 e. The molecular weight excluding hydrogens is 250 g/mol. The van der Waals surface area contributed by atoms with Crippen molar-refractivity contribution >= 4 is 0 Å². The first-order valence-corrected chi connectivity index (χ1v) is 8.53. The van der Waals surface area contributed by atoms with Crippen LogP contribution in [0.5, 0.6) is 0 Å². The Morgan fingerprint density at radius 3 is 2.85 bits per heavy atom. The first kappa shape index (κ1) is 14.8. The van der Waals surface area contributed by atoms with Crippen molar-refractivity contribution < 1.29 is 4.74 Å². The average Bonchev–Trinajstić information content (AvgIpc) is 3.02. The molecule has 3 aliphatic rings. The molecule has 0 aliphatic carbocycles. The highest BCUT2D eigenvalue weighted by molar-refractivity contribution is 4.91. The zero-order valence-corrected chi connectivity index (χ0v) is 13.2. The Morgan fingerprint density at radius 2 is 2.05 bits per heavy atom. The molecule has 0 spiro atoms. The molecule has 20 heavy (non-hydrogen) atoms. The third kappa shape index (κ3) is 3.35. The lowest BCUT2D eigenvalue weighted by molar-refractivity contribution is 0.0825. The van der Waals surface area contributed by atoms with Crippen molar-refractivity contribution in [2.45, 2.75) is 63.3 Å². The minimum absolute atomic E-state index is 0.446. The van der Waals surface area contributed by atoms with Gasteiger partial charge in [-0.25, -0.2) is 0 Å². The normalized spacial score (nSPS) is 37.2. The van der Waals surface area contributed by atoms with E-state index in [1.54, 1.807) is 0 Å². The first-order chi connectivity index (χ1) is 9.74. The molecule has 0 aromatic carbocycles. The van der Waals surface area contributed by atoms with Gasteiger partial charge in [-0.1, -0.05) is 0 Å². The van der Waals surface area contributed by atoms with Gasteiger partial charge in [-0.2, -0.15) is 0 Å². The summed E-state index contributed by atoms with van der Waals surface area (Å²) in [4.78, 5) is 5.29. The van der Waals surface area contributed by atoms with Gasteiger partial charge in [0.25, 0.3) is 0 Å². The van der Waals surface area contributed by atoms with Crippen LogP contribution in [0.4, 0.5) is 0 Å². The maximum atomic E-state index is 5.75. The Hall–Kier alpha value is -0.160. The van der Waals surface area contributed by atoms with Crippen molar-refractivity contribution in [1.29, 1.82) is 0 Å². The summed E-state index contributed by atoms with van der Waals surface area (Å²) >= 11 is 0. The van der Waals surface area contributed by atoms with Gasteiger partial charge >= 0.3 is 0 Å². The lowest BCUT2D eigenvalue weighted by atomic mass is 10.1. The predicted octanol–water partition coefficient (Wildman–Crippen LogP) is 1.31. The molecule has 0 aromatic heterocycles. The van der Waals surface area contributed by atoms with E-state index in [2.05, 4.69) is 29.1 Å². The van der Waals surface area contributed by atoms with Crippen LogP contribution in [0.3, 0.4) is 0 Å². The van der Waals surface area contributed by atoms with Crippen LogP contribution in [-0.2, 0) is 4.74 Å². The largest absolute Gasteiger partial charge is 0.377 e. The highest BCUT2D eigenvalue weighted by atomic mass is 16.5. The van der Waals surface area contributed by atoms with Crippen molar-refractivity contribution in [3.63, 3.8) is 0 Å². The van der Waals surface area contributed by atoms with E-state index in [1.807, 2.05) is 0 Å². The van der Waals surface area contributed by atoms with Gasteiger partial charge in [0.1, 0.15) is 0 Å². The quantitative estimate of drug-likeness (QED) is 0.822. The second-order valence-electron chi connectivity index (χ2n) is 6.93. The number of likely N-dealkylation sites (tertiary alicyclic amines) is 1. The second kappa shape index (κ2) is 6.73. The molecule has 0 saturated carbocycles. The number of nitrogens with zero attached hydrogens (tertiary/aromatic N) is 2. The van der Waals surface area contributed by atoms with Crippen LogP contribution < -0.4 is 5.32 Å². The van der Waals surface area contributed by atoms with E-state index >= 15 is 0 Å². The molecule has 116 valence electrons. The fourth-order valence-electron chi connectivity index (χ4n) is 4.16. The topological polar surface area (TPSA) is 27.7 Å². The lowest BCUT2D eigenvalue weighted by Gasteiger charge is -2.27. The molecule has 3 fully saturated rings. The fourth-order valence-corrected chi connectivity index (χ4v) is 4.16. The van der Waals surface area contributed by atoms with Crippen molar-refractivity contribution in [3.8, 4) is 0 Å². The Morgan fingerprint density at radius 1 is 1.20 bits per heavy atom. The molecule has 4 heteroatoms. The highest BCUT2D eigenvalue weighted by Crippen LogP contribution is 2.28. The number of hydrogen-bond donors (Lipinski definition) is 1. The Bertz CT molecular complexity index is 306. The average molecular weight is 281 g/mol. The second-order valence-corrected chi connectivity index (χ2v) is 6.93. The van der Waals surface area contributed by atoms with Gasteiger partial charge < -0.3 is 15.0 Å². The van der Waals surface area contributed by atoms with Crippen molar-refractivity contribution in [1.82, 2.24) is 15.1 Å². The molecular formula is C16H31N3O. The summed E-state index contributed by atoms with van der Waals surface area (Å²) < 4.78 is 5.75. The summed E-state index contributed by atoms with van der Waals surface area (Å²) in [5, 5.41) is 3.67. The molecule has 3 rings (SSSR count). The van der Waals surface area contributed by atoms with Crippen LogP contribution in [0.1, 0.15) is 39.0 Å². The predicted molar refractivity (Wildman–Crippen MR) is 82.1 cm³/mol. The summed E-state index contributed by atoms with van der Waals surface area (Å²) in [6.07, 6.45) is 7.08. The van der Waals surface area contributed by atoms with Crippen LogP contribution in [0.2, 0.25) is 0 Å². The van der Waals surface area contributed by atoms with Crippen LogP contribution in [0.25, 0.3) is 0 Å². The maximum Gasteiger partial charge on any atom is 0.0726 e. The van der Waals surface area contributed by atoms with E-state index in [9.17, 15) is 0 Å². The minimum atomic E-state index is 0.446. The standard InChI is InChI=1S/C16H31N3O/c1-13(16-4-3-11-20-16)17-8-10-19-9-7-14-5-6-15(12-19)18(14)2/h13-17H,3-12H2,1-2H3. The third-order valence-corrected chi connectivity index (χ3v) is 5.65. The van der Waals surface area contributed by atoms with E-state index in [-0.39, 0.29) is 0 Å². The van der Waals surface area contributed by atoms with Crippen molar-refractivity contribution in [2.75, 3.05) is 39.8 Å². The van der Waals surface area contributed by atoms with Gasteiger partial charge in [0, 0.05) is 44.4 Å². The van der Waals surface area contributed by atoms with Gasteiger partial charge in [0.2, 0.25) is 0 Å². The maximum absolute atomic E-state index is 5.75. The third-order valence-electron chi connectivity index (χ3n) is 5.65.